The maximum absolute atomic E-state index is 12.8. The zero-order valence-corrected chi connectivity index (χ0v) is 44.0. The molecule has 0 N–H and O–H groups in total. The maximum Gasteiger partial charge on any atom is 0.306 e. The van der Waals surface area contributed by atoms with Gasteiger partial charge in [0.1, 0.15) is 13.2 Å². The summed E-state index contributed by atoms with van der Waals surface area (Å²) in [5.41, 5.74) is 0. The van der Waals surface area contributed by atoms with E-state index in [1.165, 1.54) is 167 Å². The molecule has 0 heterocycles. The number of hydrogen-bond acceptors (Lipinski definition) is 6. The number of rotatable bonds is 52. The molecule has 0 aliphatic rings. The normalized spacial score (nSPS) is 12.3. The number of unbranched alkanes of at least 4 members (excludes halogenated alkanes) is 34. The lowest BCUT2D eigenvalue weighted by atomic mass is 10.1. The average Bonchev–Trinajstić information content (AvgIpc) is 3.31. The maximum atomic E-state index is 12.8. The van der Waals surface area contributed by atoms with Gasteiger partial charge in [-0.05, 0) is 96.3 Å². The number of esters is 3. The fourth-order valence-corrected chi connectivity index (χ4v) is 8.19. The lowest BCUT2D eigenvalue weighted by molar-refractivity contribution is -0.167. The van der Waals surface area contributed by atoms with E-state index in [9.17, 15) is 14.4 Å². The van der Waals surface area contributed by atoms with Gasteiger partial charge in [-0.1, -0.05) is 230 Å². The molecule has 0 aliphatic carbocycles. The van der Waals surface area contributed by atoms with Crippen LogP contribution in [0.4, 0.5) is 0 Å². The summed E-state index contributed by atoms with van der Waals surface area (Å²) >= 11 is 0. The largest absolute Gasteiger partial charge is 0.462 e. The van der Waals surface area contributed by atoms with Gasteiger partial charge < -0.3 is 14.2 Å². The van der Waals surface area contributed by atoms with Crippen LogP contribution in [0.25, 0.3) is 0 Å². The number of allylic oxidation sites excluding steroid dienone is 8. The van der Waals surface area contributed by atoms with Gasteiger partial charge in [-0.25, -0.2) is 0 Å². The third-order valence-corrected chi connectivity index (χ3v) is 12.6. The van der Waals surface area contributed by atoms with Crippen molar-refractivity contribution in [2.45, 2.75) is 303 Å². The van der Waals surface area contributed by atoms with Crippen LogP contribution in [0.3, 0.4) is 0 Å². The molecule has 0 rings (SSSR count). The Balaban J connectivity index is 4.43. The molecular weight excluding hydrogens is 817 g/mol. The van der Waals surface area contributed by atoms with Crippen molar-refractivity contribution >= 4 is 17.9 Å². The molecule has 1 unspecified atom stereocenters. The van der Waals surface area contributed by atoms with Gasteiger partial charge in [0, 0.05) is 19.3 Å². The minimum atomic E-state index is -0.791. The molecule has 0 fully saturated rings. The molecule has 0 amide bonds. The molecule has 0 aromatic carbocycles. The number of carbonyl (C=O) groups excluding carboxylic acids is 3. The van der Waals surface area contributed by atoms with E-state index in [2.05, 4.69) is 69.4 Å². The molecule has 0 radical (unpaired) electrons. The van der Waals surface area contributed by atoms with Gasteiger partial charge in [-0.2, -0.15) is 0 Å². The number of ether oxygens (including phenoxy) is 3. The van der Waals surface area contributed by atoms with Gasteiger partial charge in [-0.3, -0.25) is 14.4 Å². The molecule has 6 nitrogen and oxygen atoms in total. The van der Waals surface area contributed by atoms with Gasteiger partial charge in [0.15, 0.2) is 6.10 Å². The van der Waals surface area contributed by atoms with Crippen molar-refractivity contribution in [3.05, 3.63) is 48.6 Å². The highest BCUT2D eigenvalue weighted by molar-refractivity contribution is 5.71. The van der Waals surface area contributed by atoms with Crippen molar-refractivity contribution in [1.29, 1.82) is 0 Å². The Labute approximate surface area is 409 Å². The summed E-state index contributed by atoms with van der Waals surface area (Å²) in [4.78, 5) is 38.1. The predicted molar refractivity (Wildman–Crippen MR) is 284 cm³/mol. The fraction of sp³-hybridized carbons (Fsp3) is 0.817. The van der Waals surface area contributed by atoms with Gasteiger partial charge in [0.25, 0.3) is 0 Å². The quantitative estimate of drug-likeness (QED) is 0.0199. The smallest absolute Gasteiger partial charge is 0.306 e. The van der Waals surface area contributed by atoms with Gasteiger partial charge in [0.2, 0.25) is 0 Å². The van der Waals surface area contributed by atoms with Crippen molar-refractivity contribution in [2.24, 2.45) is 0 Å². The average molecular weight is 926 g/mol. The molecular formula is C60H108O6. The van der Waals surface area contributed by atoms with Crippen LogP contribution in [-0.2, 0) is 28.6 Å². The molecule has 0 aliphatic heterocycles. The second kappa shape index (κ2) is 55.0. The highest BCUT2D eigenvalue weighted by Crippen LogP contribution is 2.15. The monoisotopic (exact) mass is 925 g/mol. The Kier molecular flexibility index (Phi) is 52.8. The Hall–Kier alpha value is -2.63. The lowest BCUT2D eigenvalue weighted by Crippen LogP contribution is -2.30. The first-order valence-electron chi connectivity index (χ1n) is 28.7. The summed E-state index contributed by atoms with van der Waals surface area (Å²) in [6, 6.07) is 0. The van der Waals surface area contributed by atoms with Crippen LogP contribution in [0.5, 0.6) is 0 Å². The van der Waals surface area contributed by atoms with Crippen LogP contribution >= 0.6 is 0 Å². The zero-order valence-electron chi connectivity index (χ0n) is 44.0. The molecule has 0 saturated carbocycles. The fourth-order valence-electron chi connectivity index (χ4n) is 8.19. The second-order valence-corrected chi connectivity index (χ2v) is 19.2. The molecule has 6 heteroatoms. The Bertz CT molecular complexity index is 1150. The second-order valence-electron chi connectivity index (χ2n) is 19.2. The van der Waals surface area contributed by atoms with Crippen LogP contribution in [0, 0.1) is 0 Å². The number of hydrogen-bond donors (Lipinski definition) is 0. The summed E-state index contributed by atoms with van der Waals surface area (Å²) in [6.07, 6.45) is 66.7. The highest BCUT2D eigenvalue weighted by atomic mass is 16.6. The van der Waals surface area contributed by atoms with Crippen LogP contribution in [0.1, 0.15) is 297 Å². The van der Waals surface area contributed by atoms with E-state index < -0.39 is 6.10 Å². The molecule has 0 aromatic heterocycles. The first-order chi connectivity index (χ1) is 32.5. The molecule has 66 heavy (non-hydrogen) atoms. The third kappa shape index (κ3) is 52.3. The minimum Gasteiger partial charge on any atom is -0.462 e. The summed E-state index contributed by atoms with van der Waals surface area (Å²) in [5.74, 6) is -0.919. The first-order valence-corrected chi connectivity index (χ1v) is 28.7. The molecule has 0 saturated heterocycles. The van der Waals surface area contributed by atoms with Crippen molar-refractivity contribution in [2.75, 3.05) is 13.2 Å². The molecule has 1 atom stereocenters. The topological polar surface area (TPSA) is 78.9 Å². The van der Waals surface area contributed by atoms with E-state index in [0.29, 0.717) is 19.3 Å². The molecule has 384 valence electrons. The summed E-state index contributed by atoms with van der Waals surface area (Å²) in [7, 11) is 0. The van der Waals surface area contributed by atoms with E-state index in [-0.39, 0.29) is 31.1 Å². The van der Waals surface area contributed by atoms with Crippen LogP contribution in [-0.4, -0.2) is 37.2 Å². The van der Waals surface area contributed by atoms with Crippen LogP contribution in [0.2, 0.25) is 0 Å². The van der Waals surface area contributed by atoms with Crippen molar-refractivity contribution in [3.8, 4) is 0 Å². The third-order valence-electron chi connectivity index (χ3n) is 12.6. The number of carbonyl (C=O) groups is 3. The van der Waals surface area contributed by atoms with Crippen molar-refractivity contribution in [1.82, 2.24) is 0 Å². The van der Waals surface area contributed by atoms with E-state index >= 15 is 0 Å². The lowest BCUT2D eigenvalue weighted by Gasteiger charge is -2.18. The molecule has 0 bridgehead atoms. The van der Waals surface area contributed by atoms with Crippen molar-refractivity contribution < 1.29 is 28.6 Å². The summed E-state index contributed by atoms with van der Waals surface area (Å²) < 4.78 is 16.8. The van der Waals surface area contributed by atoms with Gasteiger partial charge >= 0.3 is 17.9 Å². The highest BCUT2D eigenvalue weighted by Gasteiger charge is 2.19. The Morgan fingerprint density at radius 1 is 0.303 bits per heavy atom. The van der Waals surface area contributed by atoms with Gasteiger partial charge in [0.05, 0.1) is 0 Å². The summed E-state index contributed by atoms with van der Waals surface area (Å²) in [5, 5.41) is 0. The predicted octanol–water partition coefficient (Wildman–Crippen LogP) is 19.0. The van der Waals surface area contributed by atoms with Crippen LogP contribution < -0.4 is 0 Å². The molecule has 0 aromatic rings. The SMILES string of the molecule is CCCCCCCCC/C=C\C=C/CCCCCC(=O)OCC(COC(=O)CCCCCCC/C=C\CCCCCCCCC)OC(=O)CCCCCCC/C=C\CCCCCCCCC. The standard InChI is InChI=1S/C60H108O6/c1-4-7-10-13-16-19-22-25-28-31-34-37-40-43-46-49-52-58(61)64-55-57(66-60(63)54-51-48-45-42-39-36-33-30-27-24-21-18-15-12-9-6-3)56-65-59(62)53-50-47-44-41-38-35-32-29-26-23-20-17-14-11-8-5-2/h28-34,37,57H,4-27,35-36,38-56H2,1-3H3/b31-28-,32-29-,33-30-,37-34-. The Morgan fingerprint density at radius 2 is 0.545 bits per heavy atom. The molecule has 0 spiro atoms. The summed E-state index contributed by atoms with van der Waals surface area (Å²) in [6.45, 7) is 6.62. The Morgan fingerprint density at radius 3 is 0.864 bits per heavy atom. The van der Waals surface area contributed by atoms with E-state index in [0.717, 1.165) is 89.9 Å². The van der Waals surface area contributed by atoms with Crippen molar-refractivity contribution in [3.63, 3.8) is 0 Å². The van der Waals surface area contributed by atoms with E-state index in [4.69, 9.17) is 14.2 Å². The van der Waals surface area contributed by atoms with Gasteiger partial charge in [-0.15, -0.1) is 0 Å². The first kappa shape index (κ1) is 63.4. The van der Waals surface area contributed by atoms with Crippen LogP contribution in [0.15, 0.2) is 48.6 Å². The van der Waals surface area contributed by atoms with E-state index in [1.54, 1.807) is 0 Å². The zero-order chi connectivity index (χ0) is 47.9. The van der Waals surface area contributed by atoms with E-state index in [1.807, 2.05) is 0 Å². The minimum absolute atomic E-state index is 0.0879.